The van der Waals surface area contributed by atoms with Crippen molar-refractivity contribution in [2.24, 2.45) is 7.05 Å². The van der Waals surface area contributed by atoms with Gasteiger partial charge in [0.05, 0.1) is 17.8 Å². The van der Waals surface area contributed by atoms with Crippen molar-refractivity contribution >= 4 is 17.5 Å². The molecule has 0 radical (unpaired) electrons. The molecule has 2 unspecified atom stereocenters. The van der Waals surface area contributed by atoms with Crippen LogP contribution in [0.5, 0.6) is 0 Å². The summed E-state index contributed by atoms with van der Waals surface area (Å²) in [7, 11) is 1.81. The smallest absolute Gasteiger partial charge is 0.255 e. The van der Waals surface area contributed by atoms with E-state index in [1.165, 1.54) is 18.3 Å². The van der Waals surface area contributed by atoms with Gasteiger partial charge in [-0.05, 0) is 24.1 Å². The van der Waals surface area contributed by atoms with E-state index in [-0.39, 0.29) is 17.4 Å². The number of nitrogens with zero attached hydrogens (tertiary/aromatic N) is 3. The highest BCUT2D eigenvalue weighted by atomic mass is 16.2. The monoisotopic (exact) mass is 389 g/mol. The predicted octanol–water partition coefficient (Wildman–Crippen LogP) is 1.59. The second-order valence-corrected chi connectivity index (χ2v) is 7.51. The van der Waals surface area contributed by atoms with Gasteiger partial charge < -0.3 is 15.2 Å². The number of carbonyl (C=O) groups excluding carboxylic acids is 2. The lowest BCUT2D eigenvalue weighted by Crippen LogP contribution is -2.42. The van der Waals surface area contributed by atoms with Crippen LogP contribution < -0.4 is 10.9 Å². The Morgan fingerprint density at radius 1 is 1.21 bits per heavy atom. The molecule has 1 spiro atoms. The highest BCUT2D eigenvalue weighted by molar-refractivity contribution is 6.08. The van der Waals surface area contributed by atoms with Crippen LogP contribution in [-0.2, 0) is 17.3 Å². The van der Waals surface area contributed by atoms with E-state index in [2.05, 4.69) is 15.4 Å². The van der Waals surface area contributed by atoms with Gasteiger partial charge >= 0.3 is 0 Å². The Hall–Kier alpha value is -3.68. The molecule has 2 atom stereocenters. The number of pyridine rings is 1. The van der Waals surface area contributed by atoms with Crippen LogP contribution in [0.1, 0.15) is 33.9 Å². The van der Waals surface area contributed by atoms with Gasteiger partial charge in [0.15, 0.2) is 0 Å². The van der Waals surface area contributed by atoms with Crippen molar-refractivity contribution in [1.29, 1.82) is 0 Å². The number of nitrogens with one attached hydrogen (secondary N) is 2. The number of H-pyrrole nitrogens is 1. The molecule has 1 fully saturated rings. The lowest BCUT2D eigenvalue weighted by atomic mass is 9.73. The number of aryl methyl sites for hydroxylation is 1. The quantitative estimate of drug-likeness (QED) is 0.695. The van der Waals surface area contributed by atoms with Gasteiger partial charge in [-0.3, -0.25) is 19.1 Å². The molecule has 8 nitrogen and oxygen atoms in total. The van der Waals surface area contributed by atoms with Crippen LogP contribution in [0.15, 0.2) is 59.8 Å². The Bertz CT molecular complexity index is 1180. The summed E-state index contributed by atoms with van der Waals surface area (Å²) in [5.41, 5.74) is 1.71. The number of rotatable bonds is 2. The van der Waals surface area contributed by atoms with Crippen molar-refractivity contribution in [1.82, 2.24) is 19.7 Å². The summed E-state index contributed by atoms with van der Waals surface area (Å²) in [5.74, 6) is -0.339. The van der Waals surface area contributed by atoms with Gasteiger partial charge in [-0.25, -0.2) is 0 Å². The summed E-state index contributed by atoms with van der Waals surface area (Å²) < 4.78 is 1.67. The van der Waals surface area contributed by atoms with E-state index >= 15 is 0 Å². The zero-order valence-corrected chi connectivity index (χ0v) is 15.8. The van der Waals surface area contributed by atoms with Gasteiger partial charge in [-0.2, -0.15) is 5.10 Å². The van der Waals surface area contributed by atoms with Crippen molar-refractivity contribution in [2.45, 2.75) is 17.9 Å². The number of fused-ring (bicyclic) bond motifs is 2. The number of aromatic nitrogens is 3. The van der Waals surface area contributed by atoms with Crippen molar-refractivity contribution in [3.8, 4) is 0 Å². The number of hydrogen-bond donors (Lipinski definition) is 2. The molecule has 1 aromatic carbocycles. The minimum atomic E-state index is -0.878. The number of likely N-dealkylation sites (tertiary alicyclic amines) is 1. The molecule has 2 amide bonds. The molecule has 2 aliphatic rings. The number of aromatic amines is 1. The lowest BCUT2D eigenvalue weighted by molar-refractivity contribution is -0.121. The molecule has 0 aliphatic carbocycles. The fraction of sp³-hybridized carbons (Fsp3) is 0.238. The molecule has 2 aromatic heterocycles. The van der Waals surface area contributed by atoms with Crippen molar-refractivity contribution in [2.75, 3.05) is 11.9 Å². The van der Waals surface area contributed by atoms with Crippen LogP contribution in [0.3, 0.4) is 0 Å². The largest absolute Gasteiger partial charge is 0.330 e. The predicted molar refractivity (Wildman–Crippen MR) is 105 cm³/mol. The lowest BCUT2D eigenvalue weighted by Gasteiger charge is -2.33. The first kappa shape index (κ1) is 17.4. The third-order valence-electron chi connectivity index (χ3n) is 5.92. The second-order valence-electron chi connectivity index (χ2n) is 7.51. The van der Waals surface area contributed by atoms with Gasteiger partial charge in [0.1, 0.15) is 5.41 Å². The summed E-state index contributed by atoms with van der Waals surface area (Å²) in [5, 5.41) is 7.27. The first-order valence-electron chi connectivity index (χ1n) is 9.40. The van der Waals surface area contributed by atoms with Gasteiger partial charge in [0, 0.05) is 43.3 Å². The number of carbonyl (C=O) groups is 2. The molecule has 4 heterocycles. The molecule has 2 aliphatic heterocycles. The normalized spacial score (nSPS) is 22.7. The third-order valence-corrected chi connectivity index (χ3v) is 5.92. The van der Waals surface area contributed by atoms with E-state index < -0.39 is 11.5 Å². The van der Waals surface area contributed by atoms with Crippen molar-refractivity contribution in [3.63, 3.8) is 0 Å². The highest BCUT2D eigenvalue weighted by Gasteiger charge is 2.59. The maximum absolute atomic E-state index is 13.4. The van der Waals surface area contributed by atoms with E-state index in [0.29, 0.717) is 18.5 Å². The van der Waals surface area contributed by atoms with Crippen molar-refractivity contribution in [3.05, 3.63) is 82.0 Å². The van der Waals surface area contributed by atoms with Crippen LogP contribution in [0.4, 0.5) is 5.69 Å². The van der Waals surface area contributed by atoms with Crippen molar-refractivity contribution < 1.29 is 9.59 Å². The van der Waals surface area contributed by atoms with Gasteiger partial charge in [0.2, 0.25) is 11.5 Å². The second kappa shape index (κ2) is 6.16. The molecule has 0 bridgehead atoms. The molecule has 29 heavy (non-hydrogen) atoms. The van der Waals surface area contributed by atoms with Gasteiger partial charge in [-0.1, -0.05) is 18.2 Å². The molecule has 8 heteroatoms. The highest BCUT2D eigenvalue weighted by Crippen LogP contribution is 2.54. The molecular weight excluding hydrogens is 370 g/mol. The fourth-order valence-electron chi connectivity index (χ4n) is 4.66. The SMILES string of the molecule is Cn1cc(C2N(C(=O)c3ccc(=O)[nH]c3)CCC23C(=O)Nc2ccccc23)cn1. The molecule has 5 rings (SSSR count). The van der Waals surface area contributed by atoms with Crippen LogP contribution in [0.25, 0.3) is 0 Å². The number of hydrogen-bond acceptors (Lipinski definition) is 4. The zero-order chi connectivity index (χ0) is 20.2. The standard InChI is InChI=1S/C21H19N5O3/c1-25-12-14(11-23-25)18-21(15-4-2-3-5-16(15)24-20(21)29)8-9-26(18)19(28)13-6-7-17(27)22-10-13/h2-7,10-12,18H,8-9H2,1H3,(H,22,27)(H,24,29). The Morgan fingerprint density at radius 2 is 2.03 bits per heavy atom. The maximum Gasteiger partial charge on any atom is 0.255 e. The zero-order valence-electron chi connectivity index (χ0n) is 15.8. The van der Waals surface area contributed by atoms with Gasteiger partial charge in [0.25, 0.3) is 5.91 Å². The topological polar surface area (TPSA) is 100 Å². The summed E-state index contributed by atoms with van der Waals surface area (Å²) in [6, 6.07) is 9.96. The Labute approximate surface area is 166 Å². The molecule has 2 N–H and O–H groups in total. The number of benzene rings is 1. The minimum absolute atomic E-state index is 0.107. The van der Waals surface area contributed by atoms with Crippen LogP contribution in [0.2, 0.25) is 0 Å². The maximum atomic E-state index is 13.4. The summed E-state index contributed by atoms with van der Waals surface area (Å²) in [6.45, 7) is 0.416. The first-order chi connectivity index (χ1) is 14.0. The molecule has 146 valence electrons. The number of para-hydroxylation sites is 1. The van der Waals surface area contributed by atoms with Crippen LogP contribution in [0, 0.1) is 0 Å². The Kier molecular flexibility index (Phi) is 3.70. The third kappa shape index (κ3) is 2.45. The number of anilines is 1. The van der Waals surface area contributed by atoms with E-state index in [0.717, 1.165) is 16.8 Å². The average Bonchev–Trinajstić information content (AvgIpc) is 3.39. The first-order valence-corrected chi connectivity index (χ1v) is 9.40. The average molecular weight is 389 g/mol. The molecule has 0 saturated carbocycles. The van der Waals surface area contributed by atoms with E-state index in [1.807, 2.05) is 37.5 Å². The summed E-state index contributed by atoms with van der Waals surface area (Å²) in [4.78, 5) is 42.3. The molecule has 3 aromatic rings. The Morgan fingerprint density at radius 3 is 2.76 bits per heavy atom. The van der Waals surface area contributed by atoms with E-state index in [4.69, 9.17) is 0 Å². The fourth-order valence-corrected chi connectivity index (χ4v) is 4.66. The summed E-state index contributed by atoms with van der Waals surface area (Å²) >= 11 is 0. The van der Waals surface area contributed by atoms with Crippen LogP contribution in [-0.4, -0.2) is 38.0 Å². The van der Waals surface area contributed by atoms with Gasteiger partial charge in [-0.15, -0.1) is 0 Å². The Balaban J connectivity index is 1.66. The van der Waals surface area contributed by atoms with E-state index in [9.17, 15) is 14.4 Å². The summed E-state index contributed by atoms with van der Waals surface area (Å²) in [6.07, 6.45) is 5.47. The molecule has 1 saturated heterocycles. The molecular formula is C21H19N5O3. The van der Waals surface area contributed by atoms with Crippen LogP contribution >= 0.6 is 0 Å². The van der Waals surface area contributed by atoms with E-state index in [1.54, 1.807) is 15.8 Å². The minimum Gasteiger partial charge on any atom is -0.330 e. The number of amides is 2.